The molecule has 0 aromatic heterocycles. The first-order valence-corrected chi connectivity index (χ1v) is 8.52. The molecule has 0 unspecified atom stereocenters. The lowest BCUT2D eigenvalue weighted by Crippen LogP contribution is -2.39. The highest BCUT2D eigenvalue weighted by atomic mass is 16.6. The van der Waals surface area contributed by atoms with Crippen molar-refractivity contribution >= 4 is 11.9 Å². The number of likely N-dealkylation sites (tertiary alicyclic amines) is 1. The van der Waals surface area contributed by atoms with Crippen molar-refractivity contribution in [2.24, 2.45) is 5.73 Å². The second-order valence-electron chi connectivity index (χ2n) is 6.12. The Balaban J connectivity index is 2.06. The zero-order valence-electron chi connectivity index (χ0n) is 15.2. The highest BCUT2D eigenvalue weighted by molar-refractivity contribution is 5.71. The first kappa shape index (κ1) is 20.0. The molecule has 1 heterocycles. The molecule has 0 atom stereocenters. The average Bonchev–Trinajstić information content (AvgIpc) is 2.66. The lowest BCUT2D eigenvalue weighted by molar-refractivity contribution is -0.144. The van der Waals surface area contributed by atoms with Crippen molar-refractivity contribution < 1.29 is 28.5 Å². The molecule has 26 heavy (non-hydrogen) atoms. The summed E-state index contributed by atoms with van der Waals surface area (Å²) >= 11 is 0. The minimum absolute atomic E-state index is 0.242. The van der Waals surface area contributed by atoms with E-state index in [1.807, 2.05) is 12.1 Å². The molecule has 8 heteroatoms. The van der Waals surface area contributed by atoms with Crippen molar-refractivity contribution in [1.29, 1.82) is 0 Å². The molecule has 0 aliphatic carbocycles. The normalized spacial score (nSPS) is 15.3. The standard InChI is InChI=1S/C18H26N2O6/c1-23-17(21)11-25-15-4-3-13(9-16(15)26-12-18(22)24-2)10-20-7-5-14(19)6-8-20/h3-4,9,14H,5-8,10-12,19H2,1-2H3. The number of nitrogens with two attached hydrogens (primary N) is 1. The van der Waals surface area contributed by atoms with Crippen LogP contribution in [0.2, 0.25) is 0 Å². The van der Waals surface area contributed by atoms with Gasteiger partial charge in [-0.1, -0.05) is 6.07 Å². The van der Waals surface area contributed by atoms with Gasteiger partial charge in [-0.15, -0.1) is 0 Å². The van der Waals surface area contributed by atoms with E-state index in [0.717, 1.165) is 38.0 Å². The number of benzene rings is 1. The number of methoxy groups -OCH3 is 2. The molecule has 0 radical (unpaired) electrons. The van der Waals surface area contributed by atoms with Crippen LogP contribution in [0.25, 0.3) is 0 Å². The molecule has 1 aliphatic rings. The highest BCUT2D eigenvalue weighted by Gasteiger charge is 2.17. The fourth-order valence-corrected chi connectivity index (χ4v) is 2.64. The number of carbonyl (C=O) groups excluding carboxylic acids is 2. The summed E-state index contributed by atoms with van der Waals surface area (Å²) < 4.78 is 20.1. The van der Waals surface area contributed by atoms with Gasteiger partial charge in [-0.2, -0.15) is 0 Å². The second kappa shape index (κ2) is 9.98. The molecule has 8 nitrogen and oxygen atoms in total. The number of ether oxygens (including phenoxy) is 4. The van der Waals surface area contributed by atoms with E-state index in [0.29, 0.717) is 11.5 Å². The van der Waals surface area contributed by atoms with Gasteiger partial charge in [0.1, 0.15) is 0 Å². The summed E-state index contributed by atoms with van der Waals surface area (Å²) in [5.74, 6) is -0.258. The van der Waals surface area contributed by atoms with Crippen LogP contribution in [-0.2, 0) is 25.6 Å². The molecule has 0 spiro atoms. The molecule has 1 saturated heterocycles. The van der Waals surface area contributed by atoms with Crippen molar-refractivity contribution in [2.45, 2.75) is 25.4 Å². The van der Waals surface area contributed by atoms with E-state index in [4.69, 9.17) is 15.2 Å². The lowest BCUT2D eigenvalue weighted by atomic mass is 10.1. The van der Waals surface area contributed by atoms with Crippen LogP contribution < -0.4 is 15.2 Å². The van der Waals surface area contributed by atoms with Gasteiger partial charge in [0, 0.05) is 12.6 Å². The van der Waals surface area contributed by atoms with Crippen molar-refractivity contribution in [2.75, 3.05) is 40.5 Å². The fraction of sp³-hybridized carbons (Fsp3) is 0.556. The predicted molar refractivity (Wildman–Crippen MR) is 94.0 cm³/mol. The maximum Gasteiger partial charge on any atom is 0.343 e. The largest absolute Gasteiger partial charge is 0.478 e. The first-order valence-electron chi connectivity index (χ1n) is 8.52. The van der Waals surface area contributed by atoms with E-state index in [2.05, 4.69) is 14.4 Å². The summed E-state index contributed by atoms with van der Waals surface area (Å²) in [5, 5.41) is 0. The maximum absolute atomic E-state index is 11.4. The Bertz CT molecular complexity index is 614. The van der Waals surface area contributed by atoms with Gasteiger partial charge in [-0.3, -0.25) is 4.90 Å². The quantitative estimate of drug-likeness (QED) is 0.672. The van der Waals surface area contributed by atoms with E-state index < -0.39 is 11.9 Å². The summed E-state index contributed by atoms with van der Waals surface area (Å²) in [6.07, 6.45) is 1.96. The maximum atomic E-state index is 11.4. The van der Waals surface area contributed by atoms with E-state index >= 15 is 0 Å². The molecule has 144 valence electrons. The van der Waals surface area contributed by atoms with Crippen LogP contribution in [-0.4, -0.2) is 63.4 Å². The Kier molecular flexibility index (Phi) is 7.68. The highest BCUT2D eigenvalue weighted by Crippen LogP contribution is 2.29. The van der Waals surface area contributed by atoms with Gasteiger partial charge in [0.2, 0.25) is 0 Å². The minimum atomic E-state index is -0.502. The second-order valence-corrected chi connectivity index (χ2v) is 6.12. The minimum Gasteiger partial charge on any atom is -0.478 e. The van der Waals surface area contributed by atoms with E-state index in [1.54, 1.807) is 6.07 Å². The predicted octanol–water partition coefficient (Wildman–Crippen LogP) is 0.713. The molecule has 0 bridgehead atoms. The average molecular weight is 366 g/mol. The van der Waals surface area contributed by atoms with Gasteiger partial charge in [-0.05, 0) is 43.6 Å². The van der Waals surface area contributed by atoms with Crippen molar-refractivity contribution in [3.63, 3.8) is 0 Å². The molecule has 0 amide bonds. The molecule has 1 aliphatic heterocycles. The number of carbonyl (C=O) groups is 2. The summed E-state index contributed by atoms with van der Waals surface area (Å²) in [4.78, 5) is 25.0. The third-order valence-corrected chi connectivity index (χ3v) is 4.19. The third kappa shape index (κ3) is 6.20. The van der Waals surface area contributed by atoms with Crippen LogP contribution in [0, 0.1) is 0 Å². The van der Waals surface area contributed by atoms with Gasteiger partial charge in [0.05, 0.1) is 14.2 Å². The van der Waals surface area contributed by atoms with Gasteiger partial charge in [0.25, 0.3) is 0 Å². The Morgan fingerprint density at radius 1 is 1.04 bits per heavy atom. The zero-order chi connectivity index (χ0) is 18.9. The smallest absolute Gasteiger partial charge is 0.343 e. The van der Waals surface area contributed by atoms with E-state index in [-0.39, 0.29) is 19.3 Å². The summed E-state index contributed by atoms with van der Waals surface area (Å²) in [5.41, 5.74) is 6.96. The van der Waals surface area contributed by atoms with Crippen molar-refractivity contribution in [3.05, 3.63) is 23.8 Å². The monoisotopic (exact) mass is 366 g/mol. The Morgan fingerprint density at radius 2 is 1.62 bits per heavy atom. The molecule has 1 aromatic rings. The summed E-state index contributed by atoms with van der Waals surface area (Å²) in [6, 6.07) is 5.72. The summed E-state index contributed by atoms with van der Waals surface area (Å²) in [6.45, 7) is 2.15. The van der Waals surface area contributed by atoms with Crippen LogP contribution in [0.1, 0.15) is 18.4 Å². The Labute approximate surface area is 153 Å². The van der Waals surface area contributed by atoms with Crippen molar-refractivity contribution in [3.8, 4) is 11.5 Å². The van der Waals surface area contributed by atoms with E-state index in [9.17, 15) is 9.59 Å². The topological polar surface area (TPSA) is 100 Å². The molecule has 0 saturated carbocycles. The first-order chi connectivity index (χ1) is 12.5. The SMILES string of the molecule is COC(=O)COc1ccc(CN2CCC(N)CC2)cc1OCC(=O)OC. The molecular formula is C18H26N2O6. The lowest BCUT2D eigenvalue weighted by Gasteiger charge is -2.30. The fourth-order valence-electron chi connectivity index (χ4n) is 2.64. The third-order valence-electron chi connectivity index (χ3n) is 4.19. The van der Waals surface area contributed by atoms with Gasteiger partial charge >= 0.3 is 11.9 Å². The molecule has 2 rings (SSSR count). The van der Waals surface area contributed by atoms with Gasteiger partial charge in [-0.25, -0.2) is 9.59 Å². The molecular weight excluding hydrogens is 340 g/mol. The van der Waals surface area contributed by atoms with Crippen LogP contribution in [0.4, 0.5) is 0 Å². The number of nitrogens with zero attached hydrogens (tertiary/aromatic N) is 1. The number of esters is 2. The number of piperidine rings is 1. The van der Waals surface area contributed by atoms with Gasteiger partial charge in [0.15, 0.2) is 24.7 Å². The van der Waals surface area contributed by atoms with Crippen molar-refractivity contribution in [1.82, 2.24) is 4.90 Å². The molecule has 1 aromatic carbocycles. The van der Waals surface area contributed by atoms with Crippen LogP contribution >= 0.6 is 0 Å². The number of hydrogen-bond acceptors (Lipinski definition) is 8. The zero-order valence-corrected chi connectivity index (χ0v) is 15.2. The van der Waals surface area contributed by atoms with Crippen LogP contribution in [0.3, 0.4) is 0 Å². The van der Waals surface area contributed by atoms with Crippen LogP contribution in [0.5, 0.6) is 11.5 Å². The summed E-state index contributed by atoms with van der Waals surface area (Å²) in [7, 11) is 2.58. The van der Waals surface area contributed by atoms with Gasteiger partial charge < -0.3 is 24.7 Å². The van der Waals surface area contributed by atoms with Crippen LogP contribution in [0.15, 0.2) is 18.2 Å². The molecule has 2 N–H and O–H groups in total. The Morgan fingerprint density at radius 3 is 2.19 bits per heavy atom. The number of hydrogen-bond donors (Lipinski definition) is 1. The van der Waals surface area contributed by atoms with E-state index in [1.165, 1.54) is 14.2 Å². The Hall–Kier alpha value is -2.32. The number of rotatable bonds is 8. The molecule has 1 fully saturated rings.